The van der Waals surface area contributed by atoms with E-state index in [-0.39, 0.29) is 5.91 Å². The van der Waals surface area contributed by atoms with Crippen LogP contribution < -0.4 is 10.1 Å². The molecule has 0 aliphatic carbocycles. The number of amides is 1. The van der Waals surface area contributed by atoms with Crippen LogP contribution in [0.2, 0.25) is 0 Å². The Hall–Kier alpha value is -1.85. The molecule has 0 saturated carbocycles. The van der Waals surface area contributed by atoms with E-state index in [0.29, 0.717) is 5.92 Å². The van der Waals surface area contributed by atoms with Crippen molar-refractivity contribution in [3.8, 4) is 5.75 Å². The summed E-state index contributed by atoms with van der Waals surface area (Å²) in [7, 11) is 1.72. The molecular formula is C19H24N2O2S. The van der Waals surface area contributed by atoms with E-state index in [1.54, 1.807) is 7.11 Å². The number of piperidine rings is 1. The lowest BCUT2D eigenvalue weighted by atomic mass is 9.97. The average molecular weight is 344 g/mol. The van der Waals surface area contributed by atoms with Crippen molar-refractivity contribution in [2.75, 3.05) is 26.7 Å². The van der Waals surface area contributed by atoms with Gasteiger partial charge in [0.05, 0.1) is 12.0 Å². The van der Waals surface area contributed by atoms with E-state index in [4.69, 9.17) is 4.74 Å². The van der Waals surface area contributed by atoms with Gasteiger partial charge in [-0.2, -0.15) is 0 Å². The van der Waals surface area contributed by atoms with E-state index in [1.807, 2.05) is 29.6 Å². The number of carbonyl (C=O) groups excluding carboxylic acids is 1. The van der Waals surface area contributed by atoms with Gasteiger partial charge in [0, 0.05) is 25.2 Å². The number of hydrogen-bond donors (Lipinski definition) is 1. The van der Waals surface area contributed by atoms with Crippen molar-refractivity contribution in [1.82, 2.24) is 10.2 Å². The van der Waals surface area contributed by atoms with Gasteiger partial charge in [-0.3, -0.25) is 9.69 Å². The molecule has 0 unspecified atom stereocenters. The Morgan fingerprint density at radius 2 is 2.21 bits per heavy atom. The van der Waals surface area contributed by atoms with Gasteiger partial charge in [0.2, 0.25) is 0 Å². The Bertz CT molecular complexity index is 657. The molecule has 2 heterocycles. The van der Waals surface area contributed by atoms with Crippen LogP contribution in [0.5, 0.6) is 5.75 Å². The predicted molar refractivity (Wildman–Crippen MR) is 97.6 cm³/mol. The molecule has 1 saturated heterocycles. The lowest BCUT2D eigenvalue weighted by molar-refractivity contribution is 0.0934. The summed E-state index contributed by atoms with van der Waals surface area (Å²) in [6.45, 7) is 3.77. The van der Waals surface area contributed by atoms with Gasteiger partial charge in [-0.1, -0.05) is 24.3 Å². The summed E-state index contributed by atoms with van der Waals surface area (Å²) in [5.74, 6) is 1.51. The number of nitrogens with one attached hydrogen (secondary N) is 1. The Morgan fingerprint density at radius 1 is 1.33 bits per heavy atom. The SMILES string of the molecule is COc1ccccc1CN1CCC[C@@H](CNC(=O)c2cccs2)C1. The third-order valence-electron chi connectivity index (χ3n) is 4.49. The van der Waals surface area contributed by atoms with E-state index in [9.17, 15) is 4.79 Å². The number of para-hydroxylation sites is 1. The Morgan fingerprint density at radius 3 is 3.00 bits per heavy atom. The minimum absolute atomic E-state index is 0.0480. The summed E-state index contributed by atoms with van der Waals surface area (Å²) in [5, 5.41) is 5.02. The highest BCUT2D eigenvalue weighted by Crippen LogP contribution is 2.23. The summed E-state index contributed by atoms with van der Waals surface area (Å²) >= 11 is 1.49. The standard InChI is InChI=1S/C19H24N2O2S/c1-23-17-8-3-2-7-16(17)14-21-10-4-6-15(13-21)12-20-19(22)18-9-5-11-24-18/h2-3,5,7-9,11,15H,4,6,10,12-14H2,1H3,(H,20,22)/t15-/m0/s1. The van der Waals surface area contributed by atoms with Gasteiger partial charge < -0.3 is 10.1 Å². The number of methoxy groups -OCH3 is 1. The third kappa shape index (κ3) is 4.36. The van der Waals surface area contributed by atoms with Crippen LogP contribution in [0, 0.1) is 5.92 Å². The zero-order valence-electron chi connectivity index (χ0n) is 14.0. The maximum Gasteiger partial charge on any atom is 0.261 e. The molecule has 2 aromatic rings. The van der Waals surface area contributed by atoms with Crippen LogP contribution in [0.15, 0.2) is 41.8 Å². The van der Waals surface area contributed by atoms with Gasteiger partial charge in [0.15, 0.2) is 0 Å². The quantitative estimate of drug-likeness (QED) is 0.873. The minimum Gasteiger partial charge on any atom is -0.496 e. The number of thiophene rings is 1. The van der Waals surface area contributed by atoms with E-state index in [2.05, 4.69) is 22.3 Å². The Kier molecular flexibility index (Phi) is 5.88. The van der Waals surface area contributed by atoms with Crippen LogP contribution in [0.3, 0.4) is 0 Å². The van der Waals surface area contributed by atoms with Crippen LogP contribution >= 0.6 is 11.3 Å². The largest absolute Gasteiger partial charge is 0.496 e. The van der Waals surface area contributed by atoms with Gasteiger partial charge in [-0.05, 0) is 42.8 Å². The smallest absolute Gasteiger partial charge is 0.261 e. The number of likely N-dealkylation sites (tertiary alicyclic amines) is 1. The molecule has 5 heteroatoms. The number of nitrogens with zero attached hydrogens (tertiary/aromatic N) is 1. The lowest BCUT2D eigenvalue weighted by Gasteiger charge is -2.33. The Labute approximate surface area is 147 Å². The molecule has 3 rings (SSSR count). The molecule has 1 aromatic carbocycles. The second-order valence-corrected chi connectivity index (χ2v) is 7.19. The number of hydrogen-bond acceptors (Lipinski definition) is 4. The molecule has 24 heavy (non-hydrogen) atoms. The van der Waals surface area contributed by atoms with Crippen molar-refractivity contribution in [2.24, 2.45) is 5.92 Å². The number of benzene rings is 1. The first-order chi connectivity index (χ1) is 11.8. The number of rotatable bonds is 6. The van der Waals surface area contributed by atoms with Crippen LogP contribution in [0.1, 0.15) is 28.1 Å². The van der Waals surface area contributed by atoms with Gasteiger partial charge >= 0.3 is 0 Å². The van der Waals surface area contributed by atoms with Crippen molar-refractivity contribution in [3.05, 3.63) is 52.2 Å². The highest BCUT2D eigenvalue weighted by molar-refractivity contribution is 7.12. The normalized spacial score (nSPS) is 18.3. The molecule has 1 amide bonds. The number of carbonyl (C=O) groups is 1. The van der Waals surface area contributed by atoms with E-state index < -0.39 is 0 Å². The molecule has 1 aromatic heterocycles. The lowest BCUT2D eigenvalue weighted by Crippen LogP contribution is -2.40. The van der Waals surface area contributed by atoms with Crippen LogP contribution in [0.25, 0.3) is 0 Å². The van der Waals surface area contributed by atoms with Crippen molar-refractivity contribution in [3.63, 3.8) is 0 Å². The van der Waals surface area contributed by atoms with Crippen molar-refractivity contribution in [2.45, 2.75) is 19.4 Å². The first-order valence-electron chi connectivity index (χ1n) is 8.42. The molecule has 1 N–H and O–H groups in total. The summed E-state index contributed by atoms with van der Waals surface area (Å²) in [4.78, 5) is 15.3. The topological polar surface area (TPSA) is 41.6 Å². The Balaban J connectivity index is 1.52. The summed E-state index contributed by atoms with van der Waals surface area (Å²) in [6, 6.07) is 12.0. The van der Waals surface area contributed by atoms with E-state index in [0.717, 1.165) is 36.8 Å². The molecule has 1 aliphatic heterocycles. The van der Waals surface area contributed by atoms with Gasteiger partial charge in [-0.15, -0.1) is 11.3 Å². The molecule has 4 nitrogen and oxygen atoms in total. The monoisotopic (exact) mass is 344 g/mol. The van der Waals surface area contributed by atoms with E-state index >= 15 is 0 Å². The van der Waals surface area contributed by atoms with Crippen LogP contribution in [0.4, 0.5) is 0 Å². The molecule has 0 bridgehead atoms. The average Bonchev–Trinajstić information content (AvgIpc) is 3.15. The number of ether oxygens (including phenoxy) is 1. The fourth-order valence-electron chi connectivity index (χ4n) is 3.27. The van der Waals surface area contributed by atoms with Gasteiger partial charge in [-0.25, -0.2) is 0 Å². The highest BCUT2D eigenvalue weighted by Gasteiger charge is 2.21. The second-order valence-electron chi connectivity index (χ2n) is 6.24. The maximum atomic E-state index is 12.1. The zero-order chi connectivity index (χ0) is 16.8. The van der Waals surface area contributed by atoms with Crippen LogP contribution in [-0.4, -0.2) is 37.6 Å². The van der Waals surface area contributed by atoms with E-state index in [1.165, 1.54) is 29.7 Å². The molecular weight excluding hydrogens is 320 g/mol. The minimum atomic E-state index is 0.0480. The first kappa shape index (κ1) is 17.0. The molecule has 1 aliphatic rings. The van der Waals surface area contributed by atoms with Crippen molar-refractivity contribution < 1.29 is 9.53 Å². The van der Waals surface area contributed by atoms with Gasteiger partial charge in [0.25, 0.3) is 5.91 Å². The zero-order valence-corrected chi connectivity index (χ0v) is 14.8. The van der Waals surface area contributed by atoms with Crippen molar-refractivity contribution in [1.29, 1.82) is 0 Å². The summed E-state index contributed by atoms with van der Waals surface area (Å²) in [5.41, 5.74) is 1.23. The highest BCUT2D eigenvalue weighted by atomic mass is 32.1. The molecule has 0 radical (unpaired) electrons. The fourth-order valence-corrected chi connectivity index (χ4v) is 3.91. The second kappa shape index (κ2) is 8.31. The molecule has 0 spiro atoms. The predicted octanol–water partition coefficient (Wildman–Crippen LogP) is 3.40. The first-order valence-corrected chi connectivity index (χ1v) is 9.30. The fraction of sp³-hybridized carbons (Fsp3) is 0.421. The maximum absolute atomic E-state index is 12.1. The van der Waals surface area contributed by atoms with Gasteiger partial charge in [0.1, 0.15) is 5.75 Å². The molecule has 128 valence electrons. The van der Waals surface area contributed by atoms with Crippen LogP contribution in [-0.2, 0) is 6.54 Å². The molecule has 1 atom stereocenters. The summed E-state index contributed by atoms with van der Waals surface area (Å²) < 4.78 is 5.45. The van der Waals surface area contributed by atoms with Crippen molar-refractivity contribution >= 4 is 17.2 Å². The third-order valence-corrected chi connectivity index (χ3v) is 5.35. The molecule has 1 fully saturated rings. The summed E-state index contributed by atoms with van der Waals surface area (Å²) in [6.07, 6.45) is 2.35.